The number of unbranched alkanes of at least 4 members (excludes halogenated alkanes) is 1. The molecule has 1 spiro atoms. The van der Waals surface area contributed by atoms with Crippen LogP contribution in [0.25, 0.3) is 0 Å². The van der Waals surface area contributed by atoms with Crippen LogP contribution >= 0.6 is 0 Å². The third-order valence-electron chi connectivity index (χ3n) is 5.80. The minimum atomic E-state index is -0.363. The molecule has 166 valence electrons. The number of cyclic esters (lactones) is 1. The van der Waals surface area contributed by atoms with Gasteiger partial charge in [-0.05, 0) is 57.8 Å². The second kappa shape index (κ2) is 11.6. The Morgan fingerprint density at radius 1 is 1.37 bits per heavy atom. The molecule has 2 saturated heterocycles. The van der Waals surface area contributed by atoms with E-state index in [1.165, 1.54) is 5.56 Å². The number of ether oxygens (including phenoxy) is 1. The van der Waals surface area contributed by atoms with Crippen molar-refractivity contribution in [3.63, 3.8) is 0 Å². The number of pyridine rings is 1. The molecule has 3 heterocycles. The monoisotopic (exact) mass is 419 g/mol. The first kappa shape index (κ1) is 23.8. The van der Waals surface area contributed by atoms with Crippen LogP contribution in [-0.2, 0) is 25.5 Å². The number of carboxylic acid groups (broad SMARTS) is 1. The summed E-state index contributed by atoms with van der Waals surface area (Å²) in [7, 11) is 3.99. The van der Waals surface area contributed by atoms with Gasteiger partial charge in [-0.15, -0.1) is 0 Å². The second-order valence-electron chi connectivity index (χ2n) is 8.33. The van der Waals surface area contributed by atoms with E-state index in [1.54, 1.807) is 6.20 Å². The van der Waals surface area contributed by atoms with E-state index in [0.717, 1.165) is 45.1 Å². The van der Waals surface area contributed by atoms with Crippen molar-refractivity contribution in [2.45, 2.75) is 51.0 Å². The molecule has 8 nitrogen and oxygen atoms in total. The third kappa shape index (κ3) is 6.79. The van der Waals surface area contributed by atoms with Crippen LogP contribution in [0.4, 0.5) is 0 Å². The predicted octanol–water partition coefficient (Wildman–Crippen LogP) is 1.98. The molecule has 2 aliphatic rings. The molecule has 30 heavy (non-hydrogen) atoms. The predicted molar refractivity (Wildman–Crippen MR) is 112 cm³/mol. The van der Waals surface area contributed by atoms with E-state index in [2.05, 4.69) is 16.0 Å². The maximum Gasteiger partial charge on any atom is 0.312 e. The fourth-order valence-corrected chi connectivity index (χ4v) is 4.25. The number of carbonyl (C=O) groups excluding carboxylic acids is 2. The average molecular weight is 420 g/mol. The highest BCUT2D eigenvalue weighted by molar-refractivity contribution is 5.80. The van der Waals surface area contributed by atoms with Crippen LogP contribution in [0.5, 0.6) is 0 Å². The van der Waals surface area contributed by atoms with Crippen LogP contribution in [0.1, 0.15) is 44.1 Å². The number of hydrogen-bond acceptors (Lipinski definition) is 6. The van der Waals surface area contributed by atoms with Gasteiger partial charge in [-0.3, -0.25) is 19.4 Å². The molecule has 0 radical (unpaired) electrons. The van der Waals surface area contributed by atoms with E-state index in [4.69, 9.17) is 14.6 Å². The number of piperidine rings is 1. The number of esters is 1. The van der Waals surface area contributed by atoms with Crippen LogP contribution in [0, 0.1) is 5.41 Å². The van der Waals surface area contributed by atoms with E-state index >= 15 is 0 Å². The topological polar surface area (TPSA) is 100 Å². The van der Waals surface area contributed by atoms with E-state index in [9.17, 15) is 9.59 Å². The summed E-state index contributed by atoms with van der Waals surface area (Å²) < 4.78 is 5.59. The Balaban J connectivity index is 0.00000101. The minimum Gasteiger partial charge on any atom is -0.483 e. The van der Waals surface area contributed by atoms with Gasteiger partial charge in [0.05, 0.1) is 5.41 Å². The molecule has 1 atom stereocenters. The lowest BCUT2D eigenvalue weighted by Gasteiger charge is -2.36. The number of nitrogens with zero attached hydrogens (tertiary/aromatic N) is 3. The van der Waals surface area contributed by atoms with E-state index in [-0.39, 0.29) is 29.9 Å². The minimum absolute atomic E-state index is 0.0118. The molecule has 0 aromatic carbocycles. The fraction of sp³-hybridized carbons (Fsp3) is 0.636. The summed E-state index contributed by atoms with van der Waals surface area (Å²) in [6.45, 7) is 1.86. The number of carbonyl (C=O) groups is 3. The van der Waals surface area contributed by atoms with Gasteiger partial charge < -0.3 is 19.6 Å². The highest BCUT2D eigenvalue weighted by atomic mass is 16.6. The Morgan fingerprint density at radius 2 is 2.07 bits per heavy atom. The number of rotatable bonds is 7. The van der Waals surface area contributed by atoms with Crippen molar-refractivity contribution in [1.29, 1.82) is 0 Å². The number of likely N-dealkylation sites (tertiary alicyclic amines) is 1. The average Bonchev–Trinajstić information content (AvgIpc) is 3.00. The highest BCUT2D eigenvalue weighted by Crippen LogP contribution is 2.43. The molecule has 1 aromatic heterocycles. The summed E-state index contributed by atoms with van der Waals surface area (Å²) in [5, 5.41) is 6.89. The van der Waals surface area contributed by atoms with Gasteiger partial charge >= 0.3 is 5.97 Å². The molecule has 1 unspecified atom stereocenters. The van der Waals surface area contributed by atoms with E-state index in [1.807, 2.05) is 31.3 Å². The number of aryl methyl sites for hydroxylation is 1. The van der Waals surface area contributed by atoms with Crippen LogP contribution in [-0.4, -0.2) is 78.1 Å². The number of aromatic nitrogens is 1. The van der Waals surface area contributed by atoms with Crippen molar-refractivity contribution in [2.24, 2.45) is 5.41 Å². The lowest BCUT2D eigenvalue weighted by molar-refractivity contribution is -0.152. The van der Waals surface area contributed by atoms with Crippen molar-refractivity contribution in [3.8, 4) is 0 Å². The number of amides is 1. The van der Waals surface area contributed by atoms with Crippen LogP contribution in [0.15, 0.2) is 24.5 Å². The number of hydrogen-bond donors (Lipinski definition) is 1. The van der Waals surface area contributed by atoms with Crippen LogP contribution in [0.3, 0.4) is 0 Å². The van der Waals surface area contributed by atoms with Crippen LogP contribution in [0.2, 0.25) is 0 Å². The van der Waals surface area contributed by atoms with Crippen molar-refractivity contribution in [3.05, 3.63) is 30.1 Å². The maximum absolute atomic E-state index is 12.5. The lowest BCUT2D eigenvalue weighted by Crippen LogP contribution is -2.45. The van der Waals surface area contributed by atoms with Gasteiger partial charge in [-0.1, -0.05) is 6.07 Å². The Hall–Kier alpha value is -2.48. The summed E-state index contributed by atoms with van der Waals surface area (Å²) in [4.78, 5) is 41.4. The van der Waals surface area contributed by atoms with Gasteiger partial charge in [-0.25, -0.2) is 0 Å². The summed E-state index contributed by atoms with van der Waals surface area (Å²) in [6.07, 6.45) is 9.34. The molecular weight excluding hydrogens is 386 g/mol. The van der Waals surface area contributed by atoms with Gasteiger partial charge in [0.1, 0.15) is 6.10 Å². The standard InChI is InChI=1S/C21H31N3O3.CH2O2/c1-23(2)16-18-14-21(20(26)27-18)9-12-24(13-10-21)19(25)8-4-3-6-17-7-5-11-22-15-17;2-1-3/h5,7,11,15,18H,3-4,6,8-10,12-14,16H2,1-2H3;1H,(H,2,3). The normalized spacial score (nSPS) is 19.9. The second-order valence-corrected chi connectivity index (χ2v) is 8.33. The summed E-state index contributed by atoms with van der Waals surface area (Å²) >= 11 is 0. The molecule has 3 rings (SSSR count). The Morgan fingerprint density at radius 3 is 2.67 bits per heavy atom. The first-order chi connectivity index (χ1) is 14.4. The Labute approximate surface area is 178 Å². The molecule has 0 aliphatic carbocycles. The summed E-state index contributed by atoms with van der Waals surface area (Å²) in [6, 6.07) is 4.02. The van der Waals surface area contributed by atoms with Crippen molar-refractivity contribution in [1.82, 2.24) is 14.8 Å². The summed E-state index contributed by atoms with van der Waals surface area (Å²) in [5.41, 5.74) is 0.856. The van der Waals surface area contributed by atoms with Gasteiger partial charge in [0.15, 0.2) is 0 Å². The molecule has 2 aliphatic heterocycles. The largest absolute Gasteiger partial charge is 0.483 e. The Bertz CT molecular complexity index is 687. The molecular formula is C22H33N3O5. The Kier molecular flexibility index (Phi) is 9.23. The molecule has 0 saturated carbocycles. The molecule has 8 heteroatoms. The molecule has 2 fully saturated rings. The summed E-state index contributed by atoms with van der Waals surface area (Å²) in [5.74, 6) is 0.158. The van der Waals surface area contributed by atoms with Gasteiger partial charge in [0.2, 0.25) is 5.91 Å². The maximum atomic E-state index is 12.5. The molecule has 1 amide bonds. The van der Waals surface area contributed by atoms with Crippen molar-refractivity contribution in [2.75, 3.05) is 33.7 Å². The van der Waals surface area contributed by atoms with Gasteiger partial charge in [0, 0.05) is 44.9 Å². The highest BCUT2D eigenvalue weighted by Gasteiger charge is 2.50. The van der Waals surface area contributed by atoms with Gasteiger partial charge in [0.25, 0.3) is 6.47 Å². The molecule has 1 N–H and O–H groups in total. The smallest absolute Gasteiger partial charge is 0.312 e. The van der Waals surface area contributed by atoms with Gasteiger partial charge in [-0.2, -0.15) is 0 Å². The van der Waals surface area contributed by atoms with E-state index in [0.29, 0.717) is 19.5 Å². The van der Waals surface area contributed by atoms with Crippen molar-refractivity contribution >= 4 is 18.3 Å². The fourth-order valence-electron chi connectivity index (χ4n) is 4.25. The van der Waals surface area contributed by atoms with Crippen molar-refractivity contribution < 1.29 is 24.2 Å². The lowest BCUT2D eigenvalue weighted by atomic mass is 9.76. The number of likely N-dealkylation sites (N-methyl/N-ethyl adjacent to an activating group) is 1. The molecule has 0 bridgehead atoms. The first-order valence-corrected chi connectivity index (χ1v) is 10.5. The first-order valence-electron chi connectivity index (χ1n) is 10.5. The quantitative estimate of drug-likeness (QED) is 0.410. The molecule has 1 aromatic rings. The third-order valence-corrected chi connectivity index (χ3v) is 5.80. The van der Waals surface area contributed by atoms with E-state index < -0.39 is 0 Å². The zero-order chi connectivity index (χ0) is 22.0. The van der Waals surface area contributed by atoms with Crippen LogP contribution < -0.4 is 0 Å². The zero-order valence-corrected chi connectivity index (χ0v) is 18.0. The zero-order valence-electron chi connectivity index (χ0n) is 18.0. The SMILES string of the molecule is CN(C)CC1CC2(CCN(C(=O)CCCCc3cccnc3)CC2)C(=O)O1.O=CO.